The summed E-state index contributed by atoms with van der Waals surface area (Å²) in [7, 11) is 0. The molecule has 3 heteroatoms. The van der Waals surface area contributed by atoms with Crippen molar-refractivity contribution in [3.8, 4) is 17.1 Å². The lowest BCUT2D eigenvalue weighted by Gasteiger charge is -2.28. The lowest BCUT2D eigenvalue weighted by Crippen LogP contribution is -2.15. The second-order valence-electron chi connectivity index (χ2n) is 9.77. The molecule has 2 aromatic rings. The van der Waals surface area contributed by atoms with Crippen LogP contribution in [0.25, 0.3) is 11.4 Å². The molecule has 1 heterocycles. The zero-order valence-electron chi connectivity index (χ0n) is 20.5. The maximum absolute atomic E-state index is 6.01. The zero-order chi connectivity index (χ0) is 22.4. The smallest absolute Gasteiger partial charge is 0.159 e. The Balaban J connectivity index is 1.31. The molecule has 32 heavy (non-hydrogen) atoms. The first-order valence-corrected chi connectivity index (χ1v) is 13.3. The largest absolute Gasteiger partial charge is 0.494 e. The molecular formula is C29H44N2O. The minimum atomic E-state index is 0.790. The summed E-state index contributed by atoms with van der Waals surface area (Å²) in [5.41, 5.74) is 2.27. The van der Waals surface area contributed by atoms with Gasteiger partial charge in [0.1, 0.15) is 5.75 Å². The van der Waals surface area contributed by atoms with E-state index in [0.29, 0.717) is 0 Å². The standard InChI is InChI=1S/C29H44N2O/c1-3-5-7-8-11-24-13-15-25(16-14-24)12-9-21-32-28-19-17-27(18-20-28)29-30-22-26(23-31-29)10-6-4-2/h17-20,22-25H,3-16,21H2,1-2H3. The molecule has 176 valence electrons. The van der Waals surface area contributed by atoms with Crippen molar-refractivity contribution >= 4 is 0 Å². The summed E-state index contributed by atoms with van der Waals surface area (Å²) in [6.07, 6.45) is 22.8. The maximum Gasteiger partial charge on any atom is 0.159 e. The Hall–Kier alpha value is -1.90. The minimum absolute atomic E-state index is 0.790. The molecule has 0 saturated heterocycles. The Morgan fingerprint density at radius 1 is 0.750 bits per heavy atom. The number of rotatable bonds is 14. The lowest BCUT2D eigenvalue weighted by atomic mass is 9.78. The van der Waals surface area contributed by atoms with Gasteiger partial charge in [0, 0.05) is 18.0 Å². The van der Waals surface area contributed by atoms with Crippen LogP contribution in [0, 0.1) is 11.8 Å². The topological polar surface area (TPSA) is 35.0 Å². The molecule has 0 amide bonds. The second kappa shape index (κ2) is 14.3. The normalized spacial score (nSPS) is 18.6. The van der Waals surface area contributed by atoms with Crippen molar-refractivity contribution in [1.29, 1.82) is 0 Å². The summed E-state index contributed by atoms with van der Waals surface area (Å²) in [5.74, 6) is 3.67. The number of nitrogens with zero attached hydrogens (tertiary/aromatic N) is 2. The number of aryl methyl sites for hydroxylation is 1. The van der Waals surface area contributed by atoms with E-state index in [1.807, 2.05) is 24.5 Å². The average molecular weight is 437 g/mol. The number of benzene rings is 1. The Morgan fingerprint density at radius 3 is 2.00 bits per heavy atom. The number of unbranched alkanes of at least 4 members (excludes halogenated alkanes) is 4. The van der Waals surface area contributed by atoms with Crippen LogP contribution in [0.3, 0.4) is 0 Å². The summed E-state index contributed by atoms with van der Waals surface area (Å²) in [6.45, 7) is 5.33. The van der Waals surface area contributed by atoms with Crippen molar-refractivity contribution in [2.45, 2.75) is 104 Å². The number of hydrogen-bond donors (Lipinski definition) is 0. The van der Waals surface area contributed by atoms with Crippen molar-refractivity contribution in [1.82, 2.24) is 9.97 Å². The van der Waals surface area contributed by atoms with Crippen LogP contribution >= 0.6 is 0 Å². The molecular weight excluding hydrogens is 392 g/mol. The molecule has 0 spiro atoms. The van der Waals surface area contributed by atoms with Crippen LogP contribution in [0.4, 0.5) is 0 Å². The Morgan fingerprint density at radius 2 is 1.38 bits per heavy atom. The van der Waals surface area contributed by atoms with Gasteiger partial charge < -0.3 is 4.74 Å². The minimum Gasteiger partial charge on any atom is -0.494 e. The predicted molar refractivity (Wildman–Crippen MR) is 135 cm³/mol. The Kier molecular flexibility index (Phi) is 11.0. The van der Waals surface area contributed by atoms with Gasteiger partial charge in [-0.2, -0.15) is 0 Å². The summed E-state index contributed by atoms with van der Waals surface area (Å²) in [4.78, 5) is 9.07. The van der Waals surface area contributed by atoms with Gasteiger partial charge in [-0.25, -0.2) is 9.97 Å². The number of ether oxygens (including phenoxy) is 1. The highest BCUT2D eigenvalue weighted by Crippen LogP contribution is 2.34. The molecule has 0 N–H and O–H groups in total. The van der Waals surface area contributed by atoms with Gasteiger partial charge in [0.25, 0.3) is 0 Å². The van der Waals surface area contributed by atoms with Gasteiger partial charge in [0.05, 0.1) is 6.61 Å². The first-order chi connectivity index (χ1) is 15.8. The molecule has 1 saturated carbocycles. The van der Waals surface area contributed by atoms with Crippen molar-refractivity contribution in [2.75, 3.05) is 6.61 Å². The Bertz CT molecular complexity index is 733. The molecule has 0 bridgehead atoms. The maximum atomic E-state index is 6.01. The zero-order valence-corrected chi connectivity index (χ0v) is 20.5. The van der Waals surface area contributed by atoms with E-state index in [4.69, 9.17) is 4.74 Å². The van der Waals surface area contributed by atoms with Crippen molar-refractivity contribution in [2.24, 2.45) is 11.8 Å². The SMILES string of the molecule is CCCCCCC1CCC(CCCOc2ccc(-c3ncc(CCCC)cn3)cc2)CC1. The highest BCUT2D eigenvalue weighted by molar-refractivity contribution is 5.55. The summed E-state index contributed by atoms with van der Waals surface area (Å²) in [5, 5.41) is 0. The van der Waals surface area contributed by atoms with Crippen LogP contribution < -0.4 is 4.74 Å². The fourth-order valence-corrected chi connectivity index (χ4v) is 4.94. The summed E-state index contributed by atoms with van der Waals surface area (Å²) in [6, 6.07) is 8.23. The van der Waals surface area contributed by atoms with Gasteiger partial charge in [0.2, 0.25) is 0 Å². The molecule has 3 rings (SSSR count). The molecule has 0 unspecified atom stereocenters. The fraction of sp³-hybridized carbons (Fsp3) is 0.655. The van der Waals surface area contributed by atoms with Crippen LogP contribution in [0.2, 0.25) is 0 Å². The third kappa shape index (κ3) is 8.56. The van der Waals surface area contributed by atoms with Crippen molar-refractivity contribution in [3.05, 3.63) is 42.2 Å². The fourth-order valence-electron chi connectivity index (χ4n) is 4.94. The molecule has 1 aliphatic carbocycles. The van der Waals surface area contributed by atoms with Crippen molar-refractivity contribution < 1.29 is 4.74 Å². The van der Waals surface area contributed by atoms with Crippen LogP contribution in [0.15, 0.2) is 36.7 Å². The van der Waals surface area contributed by atoms with E-state index in [1.54, 1.807) is 0 Å². The van der Waals surface area contributed by atoms with Gasteiger partial charge in [-0.3, -0.25) is 0 Å². The average Bonchev–Trinajstić information content (AvgIpc) is 2.85. The van der Waals surface area contributed by atoms with Gasteiger partial charge in [-0.15, -0.1) is 0 Å². The van der Waals surface area contributed by atoms with E-state index in [0.717, 1.165) is 48.4 Å². The summed E-state index contributed by atoms with van der Waals surface area (Å²) >= 11 is 0. The molecule has 1 aromatic carbocycles. The molecule has 3 nitrogen and oxygen atoms in total. The van der Waals surface area contributed by atoms with Crippen LogP contribution in [-0.2, 0) is 6.42 Å². The quantitative estimate of drug-likeness (QED) is 0.279. The van der Waals surface area contributed by atoms with E-state index >= 15 is 0 Å². The highest BCUT2D eigenvalue weighted by atomic mass is 16.5. The third-order valence-corrected chi connectivity index (χ3v) is 7.09. The second-order valence-corrected chi connectivity index (χ2v) is 9.77. The van der Waals surface area contributed by atoms with Gasteiger partial charge in [-0.05, 0) is 67.3 Å². The van der Waals surface area contributed by atoms with E-state index in [-0.39, 0.29) is 0 Å². The van der Waals surface area contributed by atoms with Crippen LogP contribution in [0.5, 0.6) is 5.75 Å². The molecule has 1 fully saturated rings. The highest BCUT2D eigenvalue weighted by Gasteiger charge is 2.20. The van der Waals surface area contributed by atoms with E-state index < -0.39 is 0 Å². The van der Waals surface area contributed by atoms with Crippen LogP contribution in [-0.4, -0.2) is 16.6 Å². The number of hydrogen-bond acceptors (Lipinski definition) is 3. The first kappa shape index (κ1) is 24.7. The number of aromatic nitrogens is 2. The first-order valence-electron chi connectivity index (χ1n) is 13.3. The van der Waals surface area contributed by atoms with Crippen LogP contribution in [0.1, 0.15) is 103 Å². The third-order valence-electron chi connectivity index (χ3n) is 7.09. The molecule has 0 aliphatic heterocycles. The van der Waals surface area contributed by atoms with E-state index in [2.05, 4.69) is 35.9 Å². The molecule has 1 aromatic heterocycles. The Labute approximate surface area is 196 Å². The van der Waals surface area contributed by atoms with Crippen molar-refractivity contribution in [3.63, 3.8) is 0 Å². The van der Waals surface area contributed by atoms with Gasteiger partial charge >= 0.3 is 0 Å². The molecule has 0 atom stereocenters. The van der Waals surface area contributed by atoms with E-state index in [1.165, 1.54) is 82.6 Å². The van der Waals surface area contributed by atoms with Gasteiger partial charge in [0.15, 0.2) is 5.82 Å². The lowest BCUT2D eigenvalue weighted by molar-refractivity contribution is 0.228. The van der Waals surface area contributed by atoms with E-state index in [9.17, 15) is 0 Å². The monoisotopic (exact) mass is 436 g/mol. The summed E-state index contributed by atoms with van der Waals surface area (Å²) < 4.78 is 6.01. The molecule has 1 aliphatic rings. The molecule has 0 radical (unpaired) electrons. The predicted octanol–water partition coefficient (Wildman–Crippen LogP) is 8.42. The van der Waals surface area contributed by atoms with Gasteiger partial charge in [-0.1, -0.05) is 78.1 Å².